The number of anilines is 1. The Morgan fingerprint density at radius 2 is 1.53 bits per heavy atom. The summed E-state index contributed by atoms with van der Waals surface area (Å²) in [5, 5.41) is 3.10. The lowest BCUT2D eigenvalue weighted by Gasteiger charge is -2.46. The number of hydrogen-bond donors (Lipinski definition) is 1. The molecule has 3 unspecified atom stereocenters. The van der Waals surface area contributed by atoms with Gasteiger partial charge in [0.1, 0.15) is 5.92 Å². The number of methoxy groups -OCH3 is 1. The lowest BCUT2D eigenvalue weighted by Crippen LogP contribution is -2.53. The zero-order valence-corrected chi connectivity index (χ0v) is 23.6. The summed E-state index contributed by atoms with van der Waals surface area (Å²) < 4.78 is 134. The fraction of sp³-hybridized carbons (Fsp3) is 0.714. The van der Waals surface area contributed by atoms with Crippen LogP contribution >= 0.6 is 0 Å². The van der Waals surface area contributed by atoms with Crippen molar-refractivity contribution in [2.24, 2.45) is 29.6 Å². The van der Waals surface area contributed by atoms with E-state index in [1.807, 2.05) is 0 Å². The van der Waals surface area contributed by atoms with Gasteiger partial charge in [0.25, 0.3) is 0 Å². The van der Waals surface area contributed by atoms with Gasteiger partial charge in [0, 0.05) is 18.3 Å². The summed E-state index contributed by atoms with van der Waals surface area (Å²) in [5.41, 5.74) is -1.13. The monoisotopic (exact) mass is 632 g/mol. The number of carbonyl (C=O) groups is 2. The third-order valence-corrected chi connectivity index (χ3v) is 8.43. The molecule has 0 spiro atoms. The van der Waals surface area contributed by atoms with Gasteiger partial charge in [-0.25, -0.2) is 4.79 Å². The molecule has 0 saturated heterocycles. The molecule has 1 N–H and O–H groups in total. The summed E-state index contributed by atoms with van der Waals surface area (Å²) in [6.45, 7) is 2.37. The van der Waals surface area contributed by atoms with Crippen molar-refractivity contribution in [2.75, 3.05) is 19.0 Å². The minimum absolute atomic E-state index is 0.138. The van der Waals surface area contributed by atoms with Crippen molar-refractivity contribution in [1.82, 2.24) is 4.90 Å². The molecule has 1 amide bonds. The van der Waals surface area contributed by atoms with Gasteiger partial charge < -0.3 is 14.8 Å². The average molecular weight is 633 g/mol. The highest BCUT2D eigenvalue weighted by atomic mass is 19.4. The van der Waals surface area contributed by atoms with Crippen LogP contribution in [-0.4, -0.2) is 55.1 Å². The topological polar surface area (TPSA) is 67.9 Å². The van der Waals surface area contributed by atoms with Gasteiger partial charge >= 0.3 is 30.6 Å². The number of carbonyl (C=O) groups excluding carboxylic acids is 2. The molecule has 6 nitrogen and oxygen atoms in total. The van der Waals surface area contributed by atoms with Crippen LogP contribution in [0, 0.1) is 29.6 Å². The van der Waals surface area contributed by atoms with E-state index < -0.39 is 104 Å². The lowest BCUT2D eigenvalue weighted by molar-refractivity contribution is -0.229. The zero-order valence-electron chi connectivity index (χ0n) is 23.6. The molecule has 43 heavy (non-hydrogen) atoms. The number of fused-ring (bicyclic) bond motifs is 1. The Labute approximate surface area is 242 Å². The van der Waals surface area contributed by atoms with Crippen molar-refractivity contribution in [3.8, 4) is 0 Å². The largest absolute Gasteiger partial charge is 0.463 e. The molecule has 1 aliphatic heterocycles. The van der Waals surface area contributed by atoms with Crippen LogP contribution in [0.25, 0.3) is 0 Å². The van der Waals surface area contributed by atoms with Gasteiger partial charge in [-0.15, -0.1) is 0 Å². The van der Waals surface area contributed by atoms with Crippen molar-refractivity contribution in [3.05, 3.63) is 29.3 Å². The van der Waals surface area contributed by atoms with Gasteiger partial charge in [0.05, 0.1) is 36.7 Å². The van der Waals surface area contributed by atoms with E-state index in [1.165, 1.54) is 0 Å². The van der Waals surface area contributed by atoms with Gasteiger partial charge in [-0.3, -0.25) is 9.69 Å². The molecule has 3 aliphatic rings. The van der Waals surface area contributed by atoms with Crippen molar-refractivity contribution < 1.29 is 58.6 Å². The molecule has 1 aromatic rings. The lowest BCUT2D eigenvalue weighted by atomic mass is 9.73. The first-order chi connectivity index (χ1) is 19.8. The summed E-state index contributed by atoms with van der Waals surface area (Å²) in [5.74, 6) is -8.31. The van der Waals surface area contributed by atoms with Crippen LogP contribution in [-0.2, 0) is 20.4 Å². The second-order valence-corrected chi connectivity index (χ2v) is 11.9. The molecule has 2 fully saturated rings. The first-order valence-corrected chi connectivity index (χ1v) is 14.0. The van der Waals surface area contributed by atoms with Gasteiger partial charge in [-0.2, -0.15) is 39.5 Å². The summed E-state index contributed by atoms with van der Waals surface area (Å²) in [6, 6.07) is 0.424. The maximum atomic E-state index is 13.8. The average Bonchev–Trinajstić information content (AvgIpc) is 3.73. The number of hydrogen-bond acceptors (Lipinski definition) is 5. The molecule has 0 aromatic heterocycles. The highest BCUT2D eigenvalue weighted by molar-refractivity contribution is 5.80. The molecular weight excluding hydrogens is 599 g/mol. The van der Waals surface area contributed by atoms with Gasteiger partial charge in [-0.1, -0.05) is 0 Å². The van der Waals surface area contributed by atoms with Crippen molar-refractivity contribution in [3.63, 3.8) is 0 Å². The van der Waals surface area contributed by atoms with Crippen LogP contribution < -0.4 is 5.32 Å². The predicted octanol–water partition coefficient (Wildman–Crippen LogP) is 7.74. The Morgan fingerprint density at radius 3 is 2.00 bits per heavy atom. The van der Waals surface area contributed by atoms with Gasteiger partial charge in [0.2, 0.25) is 0 Å². The van der Waals surface area contributed by atoms with Crippen LogP contribution in [0.4, 0.5) is 50.0 Å². The molecular formula is C28H33F9N2O4. The maximum Gasteiger partial charge on any atom is 0.416 e. The smallest absolute Gasteiger partial charge is 0.416 e. The van der Waals surface area contributed by atoms with Crippen LogP contribution in [0.5, 0.6) is 0 Å². The highest BCUT2D eigenvalue weighted by Gasteiger charge is 2.55. The quantitative estimate of drug-likeness (QED) is 0.257. The Bertz CT molecular complexity index is 1160. The van der Waals surface area contributed by atoms with Crippen LogP contribution in [0.1, 0.15) is 63.1 Å². The molecule has 242 valence electrons. The molecule has 2 aliphatic carbocycles. The molecule has 1 aromatic carbocycles. The van der Waals surface area contributed by atoms with E-state index in [1.54, 1.807) is 13.8 Å². The normalized spacial score (nSPS) is 28.1. The molecule has 2 saturated carbocycles. The summed E-state index contributed by atoms with van der Waals surface area (Å²) in [4.78, 5) is 27.7. The fourth-order valence-corrected chi connectivity index (χ4v) is 6.41. The van der Waals surface area contributed by atoms with Gasteiger partial charge in [0.15, 0.2) is 0 Å². The minimum Gasteiger partial charge on any atom is -0.463 e. The number of rotatable bonds is 6. The summed E-state index contributed by atoms with van der Waals surface area (Å²) in [7, 11) is 0.932. The number of nitrogens with one attached hydrogen (secondary N) is 1. The molecule has 0 bridgehead atoms. The Morgan fingerprint density at radius 1 is 0.953 bits per heavy atom. The zero-order chi connectivity index (χ0) is 32.1. The number of nitrogens with zero attached hydrogens (tertiary/aromatic N) is 1. The molecule has 1 heterocycles. The predicted molar refractivity (Wildman–Crippen MR) is 135 cm³/mol. The molecule has 15 heteroatoms. The van der Waals surface area contributed by atoms with E-state index in [-0.39, 0.29) is 17.2 Å². The second kappa shape index (κ2) is 11.9. The number of ether oxygens (including phenoxy) is 2. The Hall–Kier alpha value is -2.87. The number of halogens is 9. The van der Waals surface area contributed by atoms with E-state index in [0.29, 0.717) is 12.8 Å². The van der Waals surface area contributed by atoms with E-state index in [9.17, 15) is 49.1 Å². The number of alkyl halides is 9. The van der Waals surface area contributed by atoms with Gasteiger partial charge in [-0.05, 0) is 81.5 Å². The maximum absolute atomic E-state index is 13.8. The Kier molecular flexibility index (Phi) is 9.14. The third-order valence-electron chi connectivity index (χ3n) is 8.43. The number of benzene rings is 1. The first kappa shape index (κ1) is 33.0. The summed E-state index contributed by atoms with van der Waals surface area (Å²) >= 11 is 0. The molecule has 5 atom stereocenters. The first-order valence-electron chi connectivity index (χ1n) is 14.0. The van der Waals surface area contributed by atoms with Crippen LogP contribution in [0.3, 0.4) is 0 Å². The minimum atomic E-state index is -4.94. The highest BCUT2D eigenvalue weighted by Crippen LogP contribution is 2.52. The van der Waals surface area contributed by atoms with Crippen molar-refractivity contribution in [1.29, 1.82) is 0 Å². The standard InChI is InChI=1S/C28H33F9N2O4/c1-13(2)43-24(40)21-22(15-4-5-15)38-20-7-6-16(26(29,30)31)11-19(20)23(21)39(25(41)42-3)12-14-8-17(27(32,33)34)10-18(9-14)28(35,36)37/h6-7,11,13-15,17-18,21-23,38H,4-5,8-10,12H2,1-3H3/t14?,17?,18?,21-,22+,23?/m0/s1. The van der Waals surface area contributed by atoms with Crippen LogP contribution in [0.15, 0.2) is 18.2 Å². The third kappa shape index (κ3) is 7.44. The van der Waals surface area contributed by atoms with E-state index in [0.717, 1.165) is 30.2 Å². The van der Waals surface area contributed by atoms with E-state index in [2.05, 4.69) is 5.32 Å². The molecule has 0 radical (unpaired) electrons. The fourth-order valence-electron chi connectivity index (χ4n) is 6.41. The SMILES string of the molecule is COC(=O)N(CC1CC(C(F)(F)F)CC(C(F)(F)F)C1)C1c2cc(C(F)(F)F)ccc2N[C@H](C2CC2)[C@@H]1C(=O)OC(C)C. The Balaban J connectivity index is 1.84. The second-order valence-electron chi connectivity index (χ2n) is 11.9. The van der Waals surface area contributed by atoms with E-state index >= 15 is 0 Å². The number of amides is 1. The van der Waals surface area contributed by atoms with Crippen molar-refractivity contribution in [2.45, 2.75) is 82.7 Å². The van der Waals surface area contributed by atoms with Crippen LogP contribution in [0.2, 0.25) is 0 Å². The van der Waals surface area contributed by atoms with E-state index in [4.69, 9.17) is 9.47 Å². The number of esters is 1. The summed E-state index contributed by atoms with van der Waals surface area (Å²) in [6.07, 6.45) is -17.9. The molecule has 4 rings (SSSR count). The van der Waals surface area contributed by atoms with Crippen molar-refractivity contribution >= 4 is 17.7 Å².